The largest absolute Gasteiger partial charge is 0.391 e. The fourth-order valence-corrected chi connectivity index (χ4v) is 3.40. The SMILES string of the molecule is CC1CCC(NC2CCCC(C(F)(F)F)C2)CC1. The van der Waals surface area contributed by atoms with Crippen molar-refractivity contribution in [1.82, 2.24) is 5.32 Å². The molecule has 2 fully saturated rings. The van der Waals surface area contributed by atoms with Gasteiger partial charge >= 0.3 is 6.18 Å². The van der Waals surface area contributed by atoms with Gasteiger partial charge in [0.1, 0.15) is 0 Å². The van der Waals surface area contributed by atoms with Crippen molar-refractivity contribution < 1.29 is 13.2 Å². The third-order valence-corrected chi connectivity index (χ3v) is 4.62. The molecule has 1 N–H and O–H groups in total. The van der Waals surface area contributed by atoms with E-state index in [2.05, 4.69) is 12.2 Å². The van der Waals surface area contributed by atoms with E-state index in [-0.39, 0.29) is 12.5 Å². The molecule has 0 amide bonds. The highest BCUT2D eigenvalue weighted by molar-refractivity contribution is 4.85. The van der Waals surface area contributed by atoms with E-state index in [1.54, 1.807) is 0 Å². The quantitative estimate of drug-likeness (QED) is 0.784. The highest BCUT2D eigenvalue weighted by atomic mass is 19.4. The summed E-state index contributed by atoms with van der Waals surface area (Å²) in [6.45, 7) is 2.26. The Morgan fingerprint density at radius 3 is 2.17 bits per heavy atom. The lowest BCUT2D eigenvalue weighted by molar-refractivity contribution is -0.183. The van der Waals surface area contributed by atoms with Gasteiger partial charge in [0, 0.05) is 12.1 Å². The summed E-state index contributed by atoms with van der Waals surface area (Å²) in [6.07, 6.45) is 2.94. The summed E-state index contributed by atoms with van der Waals surface area (Å²) in [5, 5.41) is 3.48. The second kappa shape index (κ2) is 5.81. The molecule has 0 radical (unpaired) electrons. The maximum Gasteiger partial charge on any atom is 0.391 e. The molecule has 2 aliphatic rings. The molecular weight excluding hydrogens is 239 g/mol. The first-order chi connectivity index (χ1) is 8.45. The second-order valence-electron chi connectivity index (χ2n) is 6.23. The lowest BCUT2D eigenvalue weighted by Gasteiger charge is -2.35. The number of alkyl halides is 3. The van der Waals surface area contributed by atoms with E-state index in [1.165, 1.54) is 12.8 Å². The van der Waals surface area contributed by atoms with Crippen molar-refractivity contribution >= 4 is 0 Å². The Bertz CT molecular complexity index is 256. The van der Waals surface area contributed by atoms with Crippen LogP contribution in [0.1, 0.15) is 58.3 Å². The van der Waals surface area contributed by atoms with Gasteiger partial charge in [0.2, 0.25) is 0 Å². The minimum atomic E-state index is -4.00. The summed E-state index contributed by atoms with van der Waals surface area (Å²) in [5.41, 5.74) is 0. The summed E-state index contributed by atoms with van der Waals surface area (Å²) < 4.78 is 38.2. The Labute approximate surface area is 108 Å². The molecule has 2 saturated carbocycles. The van der Waals surface area contributed by atoms with Crippen LogP contribution in [-0.4, -0.2) is 18.3 Å². The van der Waals surface area contributed by atoms with E-state index in [4.69, 9.17) is 0 Å². The van der Waals surface area contributed by atoms with Crippen LogP contribution < -0.4 is 5.32 Å². The fourth-order valence-electron chi connectivity index (χ4n) is 3.40. The van der Waals surface area contributed by atoms with Crippen LogP contribution in [0.3, 0.4) is 0 Å². The summed E-state index contributed by atoms with van der Waals surface area (Å²) in [4.78, 5) is 0. The van der Waals surface area contributed by atoms with Crippen molar-refractivity contribution in [2.24, 2.45) is 11.8 Å². The predicted octanol–water partition coefficient (Wildman–Crippen LogP) is 4.28. The zero-order chi connectivity index (χ0) is 13.2. The molecule has 0 bridgehead atoms. The minimum Gasteiger partial charge on any atom is -0.311 e. The van der Waals surface area contributed by atoms with Crippen molar-refractivity contribution in [3.8, 4) is 0 Å². The number of rotatable bonds is 2. The average molecular weight is 263 g/mol. The van der Waals surface area contributed by atoms with E-state index in [0.717, 1.165) is 25.2 Å². The molecule has 2 aliphatic carbocycles. The fraction of sp³-hybridized carbons (Fsp3) is 1.00. The van der Waals surface area contributed by atoms with Crippen LogP contribution in [-0.2, 0) is 0 Å². The molecule has 4 heteroatoms. The molecule has 2 rings (SSSR count). The van der Waals surface area contributed by atoms with Gasteiger partial charge in [-0.25, -0.2) is 0 Å². The standard InChI is InChI=1S/C14H24F3N/c1-10-5-7-12(8-6-10)18-13-4-2-3-11(9-13)14(15,16)17/h10-13,18H,2-9H2,1H3. The van der Waals surface area contributed by atoms with Gasteiger partial charge in [-0.15, -0.1) is 0 Å². The number of halogens is 3. The maximum absolute atomic E-state index is 12.7. The van der Waals surface area contributed by atoms with Gasteiger partial charge in [0.25, 0.3) is 0 Å². The van der Waals surface area contributed by atoms with Crippen LogP contribution >= 0.6 is 0 Å². The van der Waals surface area contributed by atoms with Crippen LogP contribution in [0.2, 0.25) is 0 Å². The minimum absolute atomic E-state index is 0.0868. The normalized spacial score (nSPS) is 38.7. The molecule has 0 saturated heterocycles. The van der Waals surface area contributed by atoms with Crippen LogP contribution in [0, 0.1) is 11.8 Å². The third kappa shape index (κ3) is 3.87. The smallest absolute Gasteiger partial charge is 0.311 e. The molecule has 106 valence electrons. The van der Waals surface area contributed by atoms with Crippen LogP contribution in [0.15, 0.2) is 0 Å². The molecule has 0 aromatic carbocycles. The first kappa shape index (κ1) is 14.2. The average Bonchev–Trinajstić information content (AvgIpc) is 2.31. The molecule has 0 aliphatic heterocycles. The summed E-state index contributed by atoms with van der Waals surface area (Å²) in [5.74, 6) is -0.288. The van der Waals surface area contributed by atoms with Crippen molar-refractivity contribution in [2.45, 2.75) is 76.6 Å². The Morgan fingerprint density at radius 2 is 1.56 bits per heavy atom. The van der Waals surface area contributed by atoms with Crippen LogP contribution in [0.25, 0.3) is 0 Å². The maximum atomic E-state index is 12.7. The Kier molecular flexibility index (Phi) is 4.57. The zero-order valence-corrected chi connectivity index (χ0v) is 11.1. The van der Waals surface area contributed by atoms with Crippen molar-refractivity contribution in [3.05, 3.63) is 0 Å². The van der Waals surface area contributed by atoms with Gasteiger partial charge in [-0.3, -0.25) is 0 Å². The molecule has 0 aromatic heterocycles. The third-order valence-electron chi connectivity index (χ3n) is 4.62. The molecule has 0 spiro atoms. The molecule has 2 atom stereocenters. The molecule has 2 unspecified atom stereocenters. The first-order valence-corrected chi connectivity index (χ1v) is 7.28. The van der Waals surface area contributed by atoms with Crippen molar-refractivity contribution in [3.63, 3.8) is 0 Å². The van der Waals surface area contributed by atoms with Crippen LogP contribution in [0.5, 0.6) is 0 Å². The van der Waals surface area contributed by atoms with Gasteiger partial charge in [-0.2, -0.15) is 13.2 Å². The predicted molar refractivity (Wildman–Crippen MR) is 66.4 cm³/mol. The summed E-state index contributed by atoms with van der Waals surface area (Å²) in [7, 11) is 0. The van der Waals surface area contributed by atoms with E-state index in [1.807, 2.05) is 0 Å². The van der Waals surface area contributed by atoms with E-state index >= 15 is 0 Å². The van der Waals surface area contributed by atoms with Gasteiger partial charge in [0.05, 0.1) is 5.92 Å². The van der Waals surface area contributed by atoms with Gasteiger partial charge in [-0.1, -0.05) is 13.3 Å². The molecule has 18 heavy (non-hydrogen) atoms. The Morgan fingerprint density at radius 1 is 0.889 bits per heavy atom. The molecular formula is C14H24F3N. The second-order valence-corrected chi connectivity index (χ2v) is 6.23. The summed E-state index contributed by atoms with van der Waals surface area (Å²) in [6, 6.07) is 0.543. The molecule has 0 aromatic rings. The highest BCUT2D eigenvalue weighted by Gasteiger charge is 2.42. The van der Waals surface area contributed by atoms with E-state index in [9.17, 15) is 13.2 Å². The number of hydrogen-bond donors (Lipinski definition) is 1. The highest BCUT2D eigenvalue weighted by Crippen LogP contribution is 2.38. The monoisotopic (exact) mass is 263 g/mol. The van der Waals surface area contributed by atoms with E-state index in [0.29, 0.717) is 18.9 Å². The van der Waals surface area contributed by atoms with Gasteiger partial charge in [-0.05, 0) is 50.9 Å². The number of nitrogens with one attached hydrogen (secondary N) is 1. The zero-order valence-electron chi connectivity index (χ0n) is 11.1. The van der Waals surface area contributed by atoms with Crippen LogP contribution in [0.4, 0.5) is 13.2 Å². The van der Waals surface area contributed by atoms with Crippen molar-refractivity contribution in [1.29, 1.82) is 0 Å². The molecule has 1 nitrogen and oxygen atoms in total. The van der Waals surface area contributed by atoms with E-state index < -0.39 is 12.1 Å². The summed E-state index contributed by atoms with van der Waals surface area (Å²) >= 11 is 0. The number of hydrogen-bond acceptors (Lipinski definition) is 1. The molecule has 0 heterocycles. The lowest BCUT2D eigenvalue weighted by atomic mass is 9.83. The first-order valence-electron chi connectivity index (χ1n) is 7.28. The van der Waals surface area contributed by atoms with Crippen molar-refractivity contribution in [2.75, 3.05) is 0 Å². The van der Waals surface area contributed by atoms with Gasteiger partial charge in [0.15, 0.2) is 0 Å². The Balaban J connectivity index is 1.79. The topological polar surface area (TPSA) is 12.0 Å². The van der Waals surface area contributed by atoms with Gasteiger partial charge < -0.3 is 5.32 Å². The lowest BCUT2D eigenvalue weighted by Crippen LogP contribution is -2.44. The Hall–Kier alpha value is -0.250.